The van der Waals surface area contributed by atoms with E-state index in [9.17, 15) is 15.3 Å². The molecule has 8 nitrogen and oxygen atoms in total. The third-order valence-electron chi connectivity index (χ3n) is 2.35. The maximum absolute atomic E-state index is 9.52. The molecule has 1 saturated heterocycles. The van der Waals surface area contributed by atoms with E-state index in [0.29, 0.717) is 0 Å². The average molecular weight is 233 g/mol. The molecular formula is C8H15N3O5. The van der Waals surface area contributed by atoms with E-state index in [2.05, 4.69) is 10.0 Å². The van der Waals surface area contributed by atoms with Gasteiger partial charge in [0.1, 0.15) is 18.3 Å². The van der Waals surface area contributed by atoms with Crippen molar-refractivity contribution in [3.05, 3.63) is 10.4 Å². The summed E-state index contributed by atoms with van der Waals surface area (Å²) in [5.41, 5.74) is 8.02. The third-order valence-corrected chi connectivity index (χ3v) is 2.35. The Morgan fingerprint density at radius 1 is 1.31 bits per heavy atom. The van der Waals surface area contributed by atoms with Gasteiger partial charge in [-0.25, -0.2) is 0 Å². The van der Waals surface area contributed by atoms with Gasteiger partial charge in [0.15, 0.2) is 6.29 Å². The third kappa shape index (κ3) is 3.05. The fourth-order valence-corrected chi connectivity index (χ4v) is 1.41. The highest BCUT2D eigenvalue weighted by molar-refractivity contribution is 4.87. The zero-order valence-electron chi connectivity index (χ0n) is 8.80. The Labute approximate surface area is 92.0 Å². The summed E-state index contributed by atoms with van der Waals surface area (Å²) in [7, 11) is 0. The van der Waals surface area contributed by atoms with Crippen molar-refractivity contribution in [2.24, 2.45) is 5.11 Å². The Bertz CT molecular complexity index is 270. The van der Waals surface area contributed by atoms with Crippen molar-refractivity contribution in [2.75, 3.05) is 13.2 Å². The summed E-state index contributed by atoms with van der Waals surface area (Å²) in [6, 6.07) is 0. The molecule has 8 heteroatoms. The molecule has 0 aromatic heterocycles. The molecule has 0 amide bonds. The van der Waals surface area contributed by atoms with E-state index >= 15 is 0 Å². The van der Waals surface area contributed by atoms with Gasteiger partial charge in [0.25, 0.3) is 0 Å². The highest BCUT2D eigenvalue weighted by Gasteiger charge is 2.42. The summed E-state index contributed by atoms with van der Waals surface area (Å²) in [6.07, 6.45) is -5.44. The smallest absolute Gasteiger partial charge is 0.186 e. The minimum Gasteiger partial charge on any atom is -0.388 e. The van der Waals surface area contributed by atoms with E-state index in [0.717, 1.165) is 0 Å². The van der Waals surface area contributed by atoms with E-state index in [-0.39, 0.29) is 13.2 Å². The summed E-state index contributed by atoms with van der Waals surface area (Å²) in [5.74, 6) is 0. The van der Waals surface area contributed by atoms with Crippen LogP contribution in [0, 0.1) is 0 Å². The highest BCUT2D eigenvalue weighted by atomic mass is 16.7. The van der Waals surface area contributed by atoms with Crippen molar-refractivity contribution in [2.45, 2.75) is 37.6 Å². The molecule has 0 spiro atoms. The van der Waals surface area contributed by atoms with Crippen LogP contribution in [0.5, 0.6) is 0 Å². The molecule has 16 heavy (non-hydrogen) atoms. The van der Waals surface area contributed by atoms with Gasteiger partial charge in [0.05, 0.1) is 12.7 Å². The molecular weight excluding hydrogens is 218 g/mol. The summed E-state index contributed by atoms with van der Waals surface area (Å²) in [5, 5.41) is 31.6. The van der Waals surface area contributed by atoms with Crippen molar-refractivity contribution >= 4 is 0 Å². The number of rotatable bonds is 4. The molecule has 1 rings (SSSR count). The number of aliphatic hydroxyl groups excluding tert-OH is 3. The van der Waals surface area contributed by atoms with E-state index in [1.807, 2.05) is 0 Å². The minimum absolute atomic E-state index is 0.0708. The number of aliphatic hydroxyl groups is 3. The second kappa shape index (κ2) is 6.00. The molecule has 0 bridgehead atoms. The lowest BCUT2D eigenvalue weighted by Gasteiger charge is -2.38. The monoisotopic (exact) mass is 233 g/mol. The predicted octanol–water partition coefficient (Wildman–Crippen LogP) is -0.859. The molecule has 1 fully saturated rings. The van der Waals surface area contributed by atoms with Crippen molar-refractivity contribution in [1.29, 1.82) is 0 Å². The van der Waals surface area contributed by atoms with Crippen LogP contribution in [0.2, 0.25) is 0 Å². The summed E-state index contributed by atoms with van der Waals surface area (Å²) in [4.78, 5) is 2.53. The molecule has 0 aromatic carbocycles. The van der Waals surface area contributed by atoms with Gasteiger partial charge in [0, 0.05) is 11.5 Å². The highest BCUT2D eigenvalue weighted by Crippen LogP contribution is 2.21. The summed E-state index contributed by atoms with van der Waals surface area (Å²) < 4.78 is 10.2. The average Bonchev–Trinajstić information content (AvgIpc) is 2.28. The molecule has 0 aliphatic carbocycles. The van der Waals surface area contributed by atoms with Gasteiger partial charge in [-0.15, -0.1) is 0 Å². The van der Waals surface area contributed by atoms with Crippen LogP contribution in [0.15, 0.2) is 5.11 Å². The van der Waals surface area contributed by atoms with Crippen LogP contribution in [-0.2, 0) is 9.47 Å². The van der Waals surface area contributed by atoms with Crippen LogP contribution in [-0.4, -0.2) is 59.2 Å². The quantitative estimate of drug-likeness (QED) is 0.252. The Kier molecular flexibility index (Phi) is 4.94. The maximum Gasteiger partial charge on any atom is 0.186 e. The van der Waals surface area contributed by atoms with Crippen LogP contribution < -0.4 is 0 Å². The van der Waals surface area contributed by atoms with E-state index < -0.39 is 30.7 Å². The first-order valence-electron chi connectivity index (χ1n) is 4.90. The fraction of sp³-hybridized carbons (Fsp3) is 1.00. The zero-order chi connectivity index (χ0) is 12.1. The van der Waals surface area contributed by atoms with Crippen molar-refractivity contribution < 1.29 is 24.8 Å². The molecule has 92 valence electrons. The van der Waals surface area contributed by atoms with Crippen LogP contribution in [0.25, 0.3) is 10.4 Å². The molecule has 0 saturated carbocycles. The Morgan fingerprint density at radius 3 is 2.62 bits per heavy atom. The lowest BCUT2D eigenvalue weighted by molar-refractivity contribution is -0.292. The van der Waals surface area contributed by atoms with E-state index in [1.165, 1.54) is 0 Å². The Hall–Kier alpha value is -0.890. The molecule has 1 unspecified atom stereocenters. The number of hydrogen-bond acceptors (Lipinski definition) is 6. The van der Waals surface area contributed by atoms with Crippen LogP contribution in [0.4, 0.5) is 0 Å². The normalized spacial score (nSPS) is 39.1. The number of nitrogens with zero attached hydrogens (tertiary/aromatic N) is 3. The molecule has 0 radical (unpaired) electrons. The van der Waals surface area contributed by atoms with Gasteiger partial charge < -0.3 is 24.8 Å². The number of ether oxygens (including phenoxy) is 2. The minimum atomic E-state index is -1.32. The Balaban J connectivity index is 2.44. The van der Waals surface area contributed by atoms with Gasteiger partial charge in [-0.3, -0.25) is 0 Å². The van der Waals surface area contributed by atoms with Gasteiger partial charge >= 0.3 is 0 Å². The predicted molar refractivity (Wildman–Crippen MR) is 52.3 cm³/mol. The first-order valence-corrected chi connectivity index (χ1v) is 4.90. The Morgan fingerprint density at radius 2 is 2.00 bits per heavy atom. The molecule has 5 atom stereocenters. The van der Waals surface area contributed by atoms with Crippen molar-refractivity contribution in [3.8, 4) is 0 Å². The maximum atomic E-state index is 9.52. The second-order valence-electron chi connectivity index (χ2n) is 3.51. The second-order valence-corrected chi connectivity index (χ2v) is 3.51. The van der Waals surface area contributed by atoms with Gasteiger partial charge in [0.2, 0.25) is 0 Å². The van der Waals surface area contributed by atoms with E-state index in [4.69, 9.17) is 15.0 Å². The summed E-state index contributed by atoms with van der Waals surface area (Å²) >= 11 is 0. The molecule has 1 aliphatic heterocycles. The lowest BCUT2D eigenvalue weighted by Crippen LogP contribution is -2.57. The van der Waals surface area contributed by atoms with Gasteiger partial charge in [-0.2, -0.15) is 0 Å². The molecule has 1 aliphatic rings. The van der Waals surface area contributed by atoms with Crippen LogP contribution in [0.3, 0.4) is 0 Å². The van der Waals surface area contributed by atoms with Crippen LogP contribution in [0.1, 0.15) is 6.92 Å². The molecule has 0 aromatic rings. The molecule has 1 heterocycles. The number of hydrogen-bond donors (Lipinski definition) is 3. The summed E-state index contributed by atoms with van der Waals surface area (Å²) in [6.45, 7) is 1.74. The zero-order valence-corrected chi connectivity index (χ0v) is 8.80. The van der Waals surface area contributed by atoms with Gasteiger partial charge in [-0.05, 0) is 12.5 Å². The lowest BCUT2D eigenvalue weighted by atomic mass is 10.0. The largest absolute Gasteiger partial charge is 0.388 e. The fourth-order valence-electron chi connectivity index (χ4n) is 1.41. The number of azide groups is 1. The topological polar surface area (TPSA) is 128 Å². The van der Waals surface area contributed by atoms with Crippen molar-refractivity contribution in [3.63, 3.8) is 0 Å². The van der Waals surface area contributed by atoms with Crippen molar-refractivity contribution in [1.82, 2.24) is 0 Å². The van der Waals surface area contributed by atoms with Crippen LogP contribution >= 0.6 is 0 Å². The first-order chi connectivity index (χ1) is 7.57. The standard InChI is InChI=1S/C8H15N3O5/c1-4-5(12)6(13)7(14)8(16-4)15-3-2-10-11-9/h4-8,12-14H,2-3H2,1H3/t4-,5+,6+,7-,8?/m0/s1. The SMILES string of the molecule is C[C@@H]1OC(OCCN=[N+]=[N-])[C@@H](O)[C@H](O)[C@@H]1O. The first kappa shape index (κ1) is 13.2. The van der Waals surface area contributed by atoms with Gasteiger partial charge in [-0.1, -0.05) is 5.11 Å². The molecule has 3 N–H and O–H groups in total. The van der Waals surface area contributed by atoms with E-state index in [1.54, 1.807) is 6.92 Å².